The van der Waals surface area contributed by atoms with Crippen LogP contribution in [0.1, 0.15) is 0 Å². The van der Waals surface area contributed by atoms with Gasteiger partial charge in [0.15, 0.2) is 11.0 Å². The number of rotatable bonds is 4. The van der Waals surface area contributed by atoms with E-state index in [0.717, 1.165) is 5.69 Å². The van der Waals surface area contributed by atoms with Crippen molar-refractivity contribution in [3.8, 4) is 0 Å². The van der Waals surface area contributed by atoms with E-state index in [1.807, 2.05) is 0 Å². The van der Waals surface area contributed by atoms with Gasteiger partial charge in [0, 0.05) is 29.4 Å². The largest absolute Gasteiger partial charge is 0.397 e. The molecule has 1 aromatic heterocycles. The fraction of sp³-hybridized carbons (Fsp3) is 0.333. The van der Waals surface area contributed by atoms with Gasteiger partial charge in [0.1, 0.15) is 0 Å². The first-order valence-electron chi connectivity index (χ1n) is 4.73. The average Bonchev–Trinajstić information content (AvgIpc) is 2.70. The first-order chi connectivity index (χ1) is 7.68. The molecule has 0 aliphatic rings. The van der Waals surface area contributed by atoms with E-state index >= 15 is 0 Å². The Morgan fingerprint density at radius 2 is 2.19 bits per heavy atom. The lowest BCUT2D eigenvalue weighted by Gasteiger charge is -2.05. The Labute approximate surface area is 94.6 Å². The van der Waals surface area contributed by atoms with Gasteiger partial charge in [-0.05, 0) is 22.4 Å². The summed E-state index contributed by atoms with van der Waals surface area (Å²) in [6, 6.07) is 3.54. The van der Waals surface area contributed by atoms with Crippen LogP contribution in [0.15, 0.2) is 16.8 Å². The number of nitrogens with two attached hydrogens (primary N) is 1. The summed E-state index contributed by atoms with van der Waals surface area (Å²) in [5.41, 5.74) is 8.17. The molecule has 0 saturated heterocycles. The zero-order valence-electron chi connectivity index (χ0n) is 8.77. The second-order valence-corrected chi connectivity index (χ2v) is 4.92. The van der Waals surface area contributed by atoms with Crippen molar-refractivity contribution in [1.82, 2.24) is 10.3 Å². The zero-order chi connectivity index (χ0) is 11.5. The summed E-state index contributed by atoms with van der Waals surface area (Å²) in [6.45, 7) is 0.606. The molecule has 16 heavy (non-hydrogen) atoms. The van der Waals surface area contributed by atoms with Crippen molar-refractivity contribution in [2.45, 2.75) is 0 Å². The molecule has 1 heterocycles. The number of fused-ring (bicyclic) bond motifs is 1. The Balaban J connectivity index is 2.21. The summed E-state index contributed by atoms with van der Waals surface area (Å²) in [4.78, 5) is 0. The van der Waals surface area contributed by atoms with Crippen LogP contribution in [0.5, 0.6) is 0 Å². The molecule has 1 aromatic carbocycles. The minimum atomic E-state index is -0.814. The number of hydrogen-bond donors (Lipinski definition) is 2. The maximum Gasteiger partial charge on any atom is 0.160 e. The van der Waals surface area contributed by atoms with Crippen molar-refractivity contribution < 1.29 is 8.84 Å². The number of nitrogens with one attached hydrogen (secondary N) is 1. The normalized spacial score (nSPS) is 12.8. The van der Waals surface area contributed by atoms with Crippen molar-refractivity contribution in [2.24, 2.45) is 0 Å². The quantitative estimate of drug-likeness (QED) is 0.760. The van der Waals surface area contributed by atoms with E-state index in [0.29, 0.717) is 29.0 Å². The Bertz CT molecular complexity index is 525. The summed E-state index contributed by atoms with van der Waals surface area (Å²) in [6.07, 6.45) is 1.66. The molecule has 0 amide bonds. The third kappa shape index (κ3) is 2.13. The Hall–Kier alpha value is -1.63. The number of anilines is 2. The fourth-order valence-electron chi connectivity index (χ4n) is 1.36. The third-order valence-corrected chi connectivity index (χ3v) is 2.93. The van der Waals surface area contributed by atoms with E-state index in [2.05, 4.69) is 20.3 Å². The van der Waals surface area contributed by atoms with Crippen molar-refractivity contribution in [3.05, 3.63) is 12.1 Å². The number of benzene rings is 1. The number of nitrogen functional groups attached to an aromatic ring is 1. The Morgan fingerprint density at radius 1 is 1.44 bits per heavy atom. The molecular weight excluding hydrogens is 228 g/mol. The average molecular weight is 240 g/mol. The molecule has 6 nitrogen and oxygen atoms in total. The van der Waals surface area contributed by atoms with Gasteiger partial charge >= 0.3 is 0 Å². The van der Waals surface area contributed by atoms with Crippen LogP contribution in [-0.2, 0) is 10.8 Å². The maximum atomic E-state index is 10.9. The van der Waals surface area contributed by atoms with Crippen molar-refractivity contribution in [1.29, 1.82) is 0 Å². The highest BCUT2D eigenvalue weighted by atomic mass is 32.2. The molecule has 0 saturated carbocycles. The van der Waals surface area contributed by atoms with Gasteiger partial charge in [0.05, 0.1) is 11.4 Å². The van der Waals surface area contributed by atoms with Gasteiger partial charge in [-0.3, -0.25) is 4.21 Å². The van der Waals surface area contributed by atoms with Crippen LogP contribution < -0.4 is 11.1 Å². The highest BCUT2D eigenvalue weighted by Crippen LogP contribution is 2.24. The van der Waals surface area contributed by atoms with Gasteiger partial charge in [-0.25, -0.2) is 4.63 Å². The van der Waals surface area contributed by atoms with E-state index in [-0.39, 0.29) is 0 Å². The van der Waals surface area contributed by atoms with Crippen LogP contribution in [0.2, 0.25) is 0 Å². The van der Waals surface area contributed by atoms with Crippen LogP contribution in [0.3, 0.4) is 0 Å². The van der Waals surface area contributed by atoms with Crippen LogP contribution in [-0.4, -0.2) is 33.1 Å². The molecule has 3 N–H and O–H groups in total. The summed E-state index contributed by atoms with van der Waals surface area (Å²) in [5.74, 6) is 0.581. The lowest BCUT2D eigenvalue weighted by Crippen LogP contribution is -2.10. The number of nitrogens with zero attached hydrogens (tertiary/aromatic N) is 2. The molecule has 0 aliphatic carbocycles. The summed E-state index contributed by atoms with van der Waals surface area (Å²) in [5, 5.41) is 10.6. The van der Waals surface area contributed by atoms with E-state index < -0.39 is 10.8 Å². The van der Waals surface area contributed by atoms with E-state index in [4.69, 9.17) is 5.73 Å². The molecular formula is C9H12N4O2S. The third-order valence-electron chi connectivity index (χ3n) is 2.15. The maximum absolute atomic E-state index is 10.9. The van der Waals surface area contributed by atoms with E-state index in [1.54, 1.807) is 18.4 Å². The summed E-state index contributed by atoms with van der Waals surface area (Å²) < 4.78 is 15.5. The molecule has 2 rings (SSSR count). The molecule has 1 atom stereocenters. The molecule has 0 radical (unpaired) electrons. The Morgan fingerprint density at radius 3 is 2.94 bits per heavy atom. The highest BCUT2D eigenvalue weighted by Gasteiger charge is 2.09. The lowest BCUT2D eigenvalue weighted by molar-refractivity contribution is 0.316. The summed E-state index contributed by atoms with van der Waals surface area (Å²) >= 11 is 0. The molecule has 2 aromatic rings. The molecule has 0 spiro atoms. The van der Waals surface area contributed by atoms with Crippen LogP contribution in [0.25, 0.3) is 11.0 Å². The van der Waals surface area contributed by atoms with Gasteiger partial charge in [-0.15, -0.1) is 0 Å². The van der Waals surface area contributed by atoms with Gasteiger partial charge in [0.25, 0.3) is 0 Å². The molecule has 7 heteroatoms. The van der Waals surface area contributed by atoms with Crippen molar-refractivity contribution in [3.63, 3.8) is 0 Å². The number of aromatic nitrogens is 2. The smallest absolute Gasteiger partial charge is 0.160 e. The fourth-order valence-corrected chi connectivity index (χ4v) is 1.75. The highest BCUT2D eigenvalue weighted by molar-refractivity contribution is 7.84. The molecule has 0 bridgehead atoms. The van der Waals surface area contributed by atoms with Gasteiger partial charge in [0.2, 0.25) is 0 Å². The number of hydrogen-bond acceptors (Lipinski definition) is 6. The van der Waals surface area contributed by atoms with Gasteiger partial charge in [-0.1, -0.05) is 0 Å². The topological polar surface area (TPSA) is 94.0 Å². The molecule has 0 fully saturated rings. The zero-order valence-corrected chi connectivity index (χ0v) is 9.58. The molecule has 0 aliphatic heterocycles. The van der Waals surface area contributed by atoms with Crippen molar-refractivity contribution in [2.75, 3.05) is 29.6 Å². The van der Waals surface area contributed by atoms with Crippen LogP contribution >= 0.6 is 0 Å². The first-order valence-corrected chi connectivity index (χ1v) is 6.46. The minimum absolute atomic E-state index is 0.529. The van der Waals surface area contributed by atoms with Gasteiger partial charge in [-0.2, -0.15) is 0 Å². The minimum Gasteiger partial charge on any atom is -0.397 e. The standard InChI is InChI=1S/C9H12N4O2S/c1-16(14)5-4-11-7-3-2-6(10)8-9(7)13-15-12-8/h2-3,11H,4-5,10H2,1H3. The van der Waals surface area contributed by atoms with Crippen LogP contribution in [0.4, 0.5) is 11.4 Å². The SMILES string of the molecule is CS(=O)CCNc1ccc(N)c2nonc12. The second kappa shape index (κ2) is 4.48. The summed E-state index contributed by atoms with van der Waals surface area (Å²) in [7, 11) is -0.814. The second-order valence-electron chi connectivity index (χ2n) is 3.37. The monoisotopic (exact) mass is 240 g/mol. The van der Waals surface area contributed by atoms with E-state index in [1.165, 1.54) is 0 Å². The molecule has 86 valence electrons. The first kappa shape index (κ1) is 10.9. The van der Waals surface area contributed by atoms with Gasteiger partial charge < -0.3 is 11.1 Å². The van der Waals surface area contributed by atoms with Crippen LogP contribution in [0, 0.1) is 0 Å². The van der Waals surface area contributed by atoms with Crippen molar-refractivity contribution >= 4 is 33.2 Å². The predicted octanol–water partition coefficient (Wildman–Crippen LogP) is 0.595. The lowest BCUT2D eigenvalue weighted by atomic mass is 10.2. The van der Waals surface area contributed by atoms with E-state index in [9.17, 15) is 4.21 Å². The Kier molecular flexibility index (Phi) is 3.04. The predicted molar refractivity (Wildman–Crippen MR) is 63.6 cm³/mol. The molecule has 1 unspecified atom stereocenters.